The molecule has 7 nitrogen and oxygen atoms in total. The van der Waals surface area contributed by atoms with Crippen molar-refractivity contribution < 1.29 is 14.4 Å². The zero-order valence-corrected chi connectivity index (χ0v) is 19.7. The summed E-state index contributed by atoms with van der Waals surface area (Å²) >= 11 is 0. The third-order valence-corrected chi connectivity index (χ3v) is 6.64. The van der Waals surface area contributed by atoms with E-state index in [9.17, 15) is 14.4 Å². The topological polar surface area (TPSA) is 105 Å². The predicted octanol–water partition coefficient (Wildman–Crippen LogP) is 3.04. The van der Waals surface area contributed by atoms with Crippen LogP contribution >= 0.6 is 0 Å². The summed E-state index contributed by atoms with van der Waals surface area (Å²) in [6.07, 6.45) is 3.31. The van der Waals surface area contributed by atoms with Gasteiger partial charge in [0, 0.05) is 18.2 Å². The molecule has 1 aliphatic heterocycles. The van der Waals surface area contributed by atoms with Crippen LogP contribution in [0, 0.1) is 17.3 Å². The molecule has 0 bridgehead atoms. The van der Waals surface area contributed by atoms with Crippen molar-refractivity contribution in [1.29, 1.82) is 0 Å². The lowest BCUT2D eigenvalue weighted by molar-refractivity contribution is -0.140. The zero-order valence-electron chi connectivity index (χ0n) is 19.7. The Morgan fingerprint density at radius 2 is 1.79 bits per heavy atom. The second kappa shape index (κ2) is 9.25. The summed E-state index contributed by atoms with van der Waals surface area (Å²) in [6, 6.07) is 17.1. The number of amides is 3. The van der Waals surface area contributed by atoms with E-state index in [-0.39, 0.29) is 11.8 Å². The average molecular weight is 459 g/mol. The number of carbonyl (C=O) groups excluding carboxylic acids is 3. The molecule has 2 aromatic carbocycles. The molecule has 4 rings (SSSR count). The Balaban J connectivity index is 1.74. The smallest absolute Gasteiger partial charge is 0.272 e. The summed E-state index contributed by atoms with van der Waals surface area (Å²) in [5.41, 5.74) is 7.67. The molecule has 2 aliphatic rings. The molecule has 0 saturated heterocycles. The number of likely N-dealkylation sites (N-methyl/N-ethyl adjacent to an activating group) is 1. The van der Waals surface area contributed by atoms with Crippen molar-refractivity contribution in [1.82, 2.24) is 5.32 Å². The predicted molar refractivity (Wildman–Crippen MR) is 132 cm³/mol. The third-order valence-electron chi connectivity index (χ3n) is 6.64. The van der Waals surface area contributed by atoms with Gasteiger partial charge in [-0.25, -0.2) is 4.99 Å². The number of benzodiazepines with no additional fused rings is 1. The molecule has 34 heavy (non-hydrogen) atoms. The number of rotatable bonds is 7. The number of nitrogens with one attached hydrogen (secondary N) is 1. The van der Waals surface area contributed by atoms with Crippen molar-refractivity contribution in [3.8, 4) is 0 Å². The Morgan fingerprint density at radius 3 is 2.38 bits per heavy atom. The number of aliphatic imine (C=N–C) groups is 1. The van der Waals surface area contributed by atoms with Crippen LogP contribution in [0.5, 0.6) is 0 Å². The number of hydrogen-bond acceptors (Lipinski definition) is 4. The molecule has 0 unspecified atom stereocenters. The van der Waals surface area contributed by atoms with Gasteiger partial charge in [-0.15, -0.1) is 0 Å². The van der Waals surface area contributed by atoms with E-state index in [1.165, 1.54) is 4.90 Å². The molecule has 0 aromatic heterocycles. The van der Waals surface area contributed by atoms with E-state index >= 15 is 0 Å². The van der Waals surface area contributed by atoms with Crippen molar-refractivity contribution in [2.45, 2.75) is 32.9 Å². The normalized spacial score (nSPS) is 22.4. The number of anilines is 1. The van der Waals surface area contributed by atoms with Gasteiger partial charge in [0.1, 0.15) is 0 Å². The van der Waals surface area contributed by atoms with Gasteiger partial charge in [0.25, 0.3) is 5.91 Å². The van der Waals surface area contributed by atoms with Gasteiger partial charge in [0.05, 0.1) is 22.7 Å². The number of nitrogens with two attached hydrogens (primary N) is 1. The van der Waals surface area contributed by atoms with Gasteiger partial charge in [-0.3, -0.25) is 14.4 Å². The van der Waals surface area contributed by atoms with E-state index in [2.05, 4.69) is 5.32 Å². The van der Waals surface area contributed by atoms with Gasteiger partial charge >= 0.3 is 0 Å². The van der Waals surface area contributed by atoms with Crippen LogP contribution in [-0.4, -0.2) is 36.6 Å². The van der Waals surface area contributed by atoms with Gasteiger partial charge in [-0.2, -0.15) is 0 Å². The molecule has 0 radical (unpaired) electrons. The van der Waals surface area contributed by atoms with Crippen molar-refractivity contribution >= 4 is 29.1 Å². The highest BCUT2D eigenvalue weighted by molar-refractivity contribution is 6.20. The maximum Gasteiger partial charge on any atom is 0.272 e. The fraction of sp³-hybridized carbons (Fsp3) is 0.333. The van der Waals surface area contributed by atoms with E-state index in [1.807, 2.05) is 74.5 Å². The van der Waals surface area contributed by atoms with Gasteiger partial charge in [0.2, 0.25) is 18.0 Å². The quantitative estimate of drug-likeness (QED) is 0.623. The highest BCUT2D eigenvalue weighted by atomic mass is 16.2. The van der Waals surface area contributed by atoms with Crippen molar-refractivity contribution in [3.05, 3.63) is 77.9 Å². The van der Waals surface area contributed by atoms with Gasteiger partial charge in [-0.1, -0.05) is 74.5 Å². The fourth-order valence-corrected chi connectivity index (χ4v) is 4.69. The molecular formula is C27H30N4O3. The molecule has 1 heterocycles. The van der Waals surface area contributed by atoms with E-state index in [4.69, 9.17) is 10.7 Å². The molecule has 2 aromatic rings. The first-order valence-corrected chi connectivity index (χ1v) is 11.5. The SMILES string of the molecule is CC(C)C[C@@H](C(=O)N[C@@H]1N=C(c2ccccc2)c2ccccc2N(C)C1=O)[C@@]1(C(N)=O)C=CC1. The van der Waals surface area contributed by atoms with Crippen LogP contribution < -0.4 is 16.0 Å². The summed E-state index contributed by atoms with van der Waals surface area (Å²) < 4.78 is 0. The molecule has 0 spiro atoms. The number of carbonyl (C=O) groups is 3. The van der Waals surface area contributed by atoms with Crippen LogP contribution in [0.4, 0.5) is 5.69 Å². The first-order valence-electron chi connectivity index (χ1n) is 11.5. The second-order valence-corrected chi connectivity index (χ2v) is 9.36. The third kappa shape index (κ3) is 4.14. The number of primary amides is 1. The Labute approximate surface area is 199 Å². The lowest BCUT2D eigenvalue weighted by atomic mass is 9.63. The number of para-hydroxylation sites is 1. The number of hydrogen-bond donors (Lipinski definition) is 2. The molecule has 0 fully saturated rings. The maximum absolute atomic E-state index is 13.6. The van der Waals surface area contributed by atoms with Gasteiger partial charge in [-0.05, 0) is 24.8 Å². The highest BCUT2D eigenvalue weighted by Gasteiger charge is 2.49. The van der Waals surface area contributed by atoms with Crippen LogP contribution in [0.25, 0.3) is 0 Å². The number of allylic oxidation sites excluding steroid dienone is 1. The van der Waals surface area contributed by atoms with Crippen molar-refractivity contribution in [2.75, 3.05) is 11.9 Å². The van der Waals surface area contributed by atoms with Gasteiger partial charge < -0.3 is 16.0 Å². The minimum atomic E-state index is -1.14. The minimum Gasteiger partial charge on any atom is -0.369 e. The summed E-state index contributed by atoms with van der Waals surface area (Å²) in [4.78, 5) is 45.6. The number of fused-ring (bicyclic) bond motifs is 1. The zero-order chi connectivity index (χ0) is 24.5. The van der Waals surface area contributed by atoms with E-state index in [0.717, 1.165) is 11.1 Å². The standard InChI is InChI=1S/C27H30N4O3/c1-17(2)16-20(27(26(28)34)14-9-15-27)24(32)30-23-25(33)31(3)21-13-8-7-12-19(21)22(29-23)18-10-5-4-6-11-18/h4-14,17,20,23H,15-16H2,1-3H3,(H2,28,34)(H,30,32)/t20-,23-,27+/m0/s1. The monoisotopic (exact) mass is 458 g/mol. The Kier molecular flexibility index (Phi) is 6.37. The van der Waals surface area contributed by atoms with E-state index in [1.54, 1.807) is 13.1 Å². The highest BCUT2D eigenvalue weighted by Crippen LogP contribution is 2.43. The number of nitrogens with zero attached hydrogens (tertiary/aromatic N) is 2. The Hall–Kier alpha value is -3.74. The van der Waals surface area contributed by atoms with Gasteiger partial charge in [0.15, 0.2) is 0 Å². The van der Waals surface area contributed by atoms with Crippen molar-refractivity contribution in [3.63, 3.8) is 0 Å². The molecule has 1 aliphatic carbocycles. The van der Waals surface area contributed by atoms with Crippen LogP contribution in [0.15, 0.2) is 71.7 Å². The lowest BCUT2D eigenvalue weighted by Crippen LogP contribution is -2.54. The minimum absolute atomic E-state index is 0.154. The van der Waals surface area contributed by atoms with E-state index < -0.39 is 29.3 Å². The Morgan fingerprint density at radius 1 is 1.15 bits per heavy atom. The fourth-order valence-electron chi connectivity index (χ4n) is 4.69. The molecule has 3 amide bonds. The largest absolute Gasteiger partial charge is 0.369 e. The summed E-state index contributed by atoms with van der Waals surface area (Å²) in [6.45, 7) is 3.98. The summed E-state index contributed by atoms with van der Waals surface area (Å²) in [7, 11) is 1.68. The van der Waals surface area contributed by atoms with Crippen LogP contribution in [0.2, 0.25) is 0 Å². The average Bonchev–Trinajstić information content (AvgIpc) is 2.88. The second-order valence-electron chi connectivity index (χ2n) is 9.36. The first-order chi connectivity index (χ1) is 16.2. The molecule has 176 valence electrons. The molecule has 3 N–H and O–H groups in total. The van der Waals surface area contributed by atoms with Crippen LogP contribution in [-0.2, 0) is 14.4 Å². The summed E-state index contributed by atoms with van der Waals surface area (Å²) in [5, 5.41) is 2.85. The lowest BCUT2D eigenvalue weighted by Gasteiger charge is -2.40. The number of benzene rings is 2. The molecule has 7 heteroatoms. The summed E-state index contributed by atoms with van der Waals surface area (Å²) in [5.74, 6) is -1.81. The molecule has 3 atom stereocenters. The van der Waals surface area contributed by atoms with Crippen LogP contribution in [0.1, 0.15) is 37.8 Å². The molecule has 0 saturated carbocycles. The van der Waals surface area contributed by atoms with Crippen LogP contribution in [0.3, 0.4) is 0 Å². The first kappa shape index (κ1) is 23.4. The van der Waals surface area contributed by atoms with E-state index in [0.29, 0.717) is 24.2 Å². The maximum atomic E-state index is 13.6. The van der Waals surface area contributed by atoms with Crippen molar-refractivity contribution in [2.24, 2.45) is 28.0 Å². The Bertz CT molecular complexity index is 1170. The molecular weight excluding hydrogens is 428 g/mol.